The SMILES string of the molecule is COc1ccc(NC(=O)Nc2cc(-c3ccnc(Nc4ccccc4)c3)ccn2)cc1. The molecular weight excluding hydrogens is 390 g/mol. The quantitative estimate of drug-likeness (QED) is 0.388. The molecule has 3 N–H and O–H groups in total. The van der Waals surface area contributed by atoms with E-state index >= 15 is 0 Å². The lowest BCUT2D eigenvalue weighted by Crippen LogP contribution is -2.20. The van der Waals surface area contributed by atoms with Crippen LogP contribution in [0.15, 0.2) is 91.3 Å². The lowest BCUT2D eigenvalue weighted by Gasteiger charge is -2.10. The van der Waals surface area contributed by atoms with Gasteiger partial charge < -0.3 is 15.4 Å². The average molecular weight is 411 g/mol. The average Bonchev–Trinajstić information content (AvgIpc) is 2.80. The Morgan fingerprint density at radius 1 is 0.742 bits per heavy atom. The Hall–Kier alpha value is -4.39. The zero-order valence-electron chi connectivity index (χ0n) is 16.9. The molecule has 0 spiro atoms. The number of para-hydroxylation sites is 1. The van der Waals surface area contributed by atoms with Crippen molar-refractivity contribution in [3.8, 4) is 16.9 Å². The largest absolute Gasteiger partial charge is 0.497 e. The van der Waals surface area contributed by atoms with Crippen molar-refractivity contribution in [1.82, 2.24) is 9.97 Å². The third-order valence-electron chi connectivity index (χ3n) is 4.49. The molecule has 0 unspecified atom stereocenters. The number of hydrogen-bond donors (Lipinski definition) is 3. The van der Waals surface area contributed by atoms with Gasteiger partial charge in [-0.15, -0.1) is 0 Å². The summed E-state index contributed by atoms with van der Waals surface area (Å²) in [4.78, 5) is 20.9. The zero-order valence-corrected chi connectivity index (χ0v) is 16.9. The Bertz CT molecular complexity index is 1160. The minimum absolute atomic E-state index is 0.379. The number of hydrogen-bond acceptors (Lipinski definition) is 5. The van der Waals surface area contributed by atoms with E-state index in [0.717, 1.165) is 28.4 Å². The van der Waals surface area contributed by atoms with Gasteiger partial charge in [0.2, 0.25) is 0 Å². The number of aromatic nitrogens is 2. The highest BCUT2D eigenvalue weighted by Gasteiger charge is 2.07. The monoisotopic (exact) mass is 411 g/mol. The molecule has 0 saturated carbocycles. The number of benzene rings is 2. The normalized spacial score (nSPS) is 10.2. The van der Waals surface area contributed by atoms with Crippen LogP contribution in [0.25, 0.3) is 11.1 Å². The van der Waals surface area contributed by atoms with Crippen LogP contribution in [0.3, 0.4) is 0 Å². The van der Waals surface area contributed by atoms with Crippen molar-refractivity contribution in [3.63, 3.8) is 0 Å². The number of anilines is 4. The molecular formula is C24H21N5O2. The van der Waals surface area contributed by atoms with Gasteiger partial charge in [0.15, 0.2) is 0 Å². The van der Waals surface area contributed by atoms with Gasteiger partial charge in [-0.05, 0) is 71.8 Å². The van der Waals surface area contributed by atoms with Crippen molar-refractivity contribution in [2.45, 2.75) is 0 Å². The van der Waals surface area contributed by atoms with Gasteiger partial charge in [0.25, 0.3) is 0 Å². The summed E-state index contributed by atoms with van der Waals surface area (Å²) in [5.41, 5.74) is 3.47. The highest BCUT2D eigenvalue weighted by atomic mass is 16.5. The lowest BCUT2D eigenvalue weighted by atomic mass is 10.1. The molecule has 0 saturated heterocycles. The summed E-state index contributed by atoms with van der Waals surface area (Å²) in [6, 6.07) is 24.1. The summed E-state index contributed by atoms with van der Waals surface area (Å²) < 4.78 is 5.12. The first-order valence-electron chi connectivity index (χ1n) is 9.66. The number of nitrogens with zero attached hydrogens (tertiary/aromatic N) is 2. The minimum Gasteiger partial charge on any atom is -0.497 e. The number of urea groups is 1. The van der Waals surface area contributed by atoms with Crippen LogP contribution >= 0.6 is 0 Å². The fourth-order valence-corrected chi connectivity index (χ4v) is 2.98. The molecule has 0 atom stereocenters. The van der Waals surface area contributed by atoms with Crippen molar-refractivity contribution in [2.75, 3.05) is 23.1 Å². The van der Waals surface area contributed by atoms with Crippen LogP contribution in [0.5, 0.6) is 5.75 Å². The Labute approximate surface area is 180 Å². The molecule has 2 aromatic carbocycles. The topological polar surface area (TPSA) is 88.2 Å². The van der Waals surface area contributed by atoms with Gasteiger partial charge in [-0.3, -0.25) is 5.32 Å². The summed E-state index contributed by atoms with van der Waals surface area (Å²) in [6.07, 6.45) is 3.40. The molecule has 154 valence electrons. The summed E-state index contributed by atoms with van der Waals surface area (Å²) in [5, 5.41) is 8.81. The highest BCUT2D eigenvalue weighted by Crippen LogP contribution is 2.24. The molecule has 4 rings (SSSR count). The summed E-state index contributed by atoms with van der Waals surface area (Å²) in [7, 11) is 1.59. The number of nitrogens with one attached hydrogen (secondary N) is 3. The number of pyridine rings is 2. The predicted molar refractivity (Wildman–Crippen MR) is 123 cm³/mol. The van der Waals surface area contributed by atoms with Gasteiger partial charge >= 0.3 is 6.03 Å². The molecule has 2 heterocycles. The molecule has 4 aromatic rings. The third-order valence-corrected chi connectivity index (χ3v) is 4.49. The molecule has 2 amide bonds. The maximum absolute atomic E-state index is 12.3. The van der Waals surface area contributed by atoms with Gasteiger partial charge in [-0.25, -0.2) is 14.8 Å². The summed E-state index contributed by atoms with van der Waals surface area (Å²) in [6.45, 7) is 0. The Morgan fingerprint density at radius 3 is 2.06 bits per heavy atom. The molecule has 7 nitrogen and oxygen atoms in total. The van der Waals surface area contributed by atoms with E-state index in [1.807, 2.05) is 54.6 Å². The molecule has 0 bridgehead atoms. The first-order valence-corrected chi connectivity index (χ1v) is 9.66. The fourth-order valence-electron chi connectivity index (χ4n) is 2.98. The van der Waals surface area contributed by atoms with Crippen molar-refractivity contribution < 1.29 is 9.53 Å². The van der Waals surface area contributed by atoms with E-state index in [1.165, 1.54) is 0 Å². The van der Waals surface area contributed by atoms with E-state index < -0.39 is 0 Å². The maximum Gasteiger partial charge on any atom is 0.324 e. The van der Waals surface area contributed by atoms with E-state index in [0.29, 0.717) is 11.5 Å². The Morgan fingerprint density at radius 2 is 1.39 bits per heavy atom. The number of carbonyl (C=O) groups excluding carboxylic acids is 1. The predicted octanol–water partition coefficient (Wildman–Crippen LogP) is 5.54. The smallest absolute Gasteiger partial charge is 0.324 e. The van der Waals surface area contributed by atoms with Crippen LogP contribution in [0.2, 0.25) is 0 Å². The van der Waals surface area contributed by atoms with Crippen molar-refractivity contribution in [3.05, 3.63) is 91.3 Å². The lowest BCUT2D eigenvalue weighted by molar-refractivity contribution is 0.262. The highest BCUT2D eigenvalue weighted by molar-refractivity contribution is 5.99. The van der Waals surface area contributed by atoms with E-state index in [9.17, 15) is 4.79 Å². The van der Waals surface area contributed by atoms with Crippen molar-refractivity contribution >= 4 is 29.0 Å². The van der Waals surface area contributed by atoms with Gasteiger partial charge in [0.1, 0.15) is 17.4 Å². The van der Waals surface area contributed by atoms with E-state index in [-0.39, 0.29) is 6.03 Å². The fraction of sp³-hybridized carbons (Fsp3) is 0.0417. The second-order valence-electron chi connectivity index (χ2n) is 6.66. The molecule has 2 aromatic heterocycles. The molecule has 0 aliphatic heterocycles. The van der Waals surface area contributed by atoms with Gasteiger partial charge in [-0.2, -0.15) is 0 Å². The van der Waals surface area contributed by atoms with Crippen LogP contribution in [0.1, 0.15) is 0 Å². The third kappa shape index (κ3) is 5.36. The van der Waals surface area contributed by atoms with Gasteiger partial charge in [0.05, 0.1) is 7.11 Å². The molecule has 7 heteroatoms. The van der Waals surface area contributed by atoms with E-state index in [1.54, 1.807) is 43.8 Å². The number of rotatable bonds is 6. The standard InChI is InChI=1S/C24H21N5O2/c1-31-21-9-7-20(8-10-21)28-24(30)29-23-16-18(12-14-26-23)17-11-13-25-22(15-17)27-19-5-3-2-4-6-19/h2-16H,1H3,(H,25,27)(H2,26,28,29,30). The first kappa shape index (κ1) is 19.9. The van der Waals surface area contributed by atoms with E-state index in [2.05, 4.69) is 25.9 Å². The second kappa shape index (κ2) is 9.41. The minimum atomic E-state index is -0.379. The Balaban J connectivity index is 1.45. The van der Waals surface area contributed by atoms with Crippen LogP contribution in [0.4, 0.5) is 27.8 Å². The van der Waals surface area contributed by atoms with Gasteiger partial charge in [-0.1, -0.05) is 18.2 Å². The van der Waals surface area contributed by atoms with E-state index in [4.69, 9.17) is 4.74 Å². The molecule has 0 aliphatic carbocycles. The molecule has 0 fully saturated rings. The summed E-state index contributed by atoms with van der Waals surface area (Å²) >= 11 is 0. The van der Waals surface area contributed by atoms with Crippen molar-refractivity contribution in [1.29, 1.82) is 0 Å². The second-order valence-corrected chi connectivity index (χ2v) is 6.66. The number of methoxy groups -OCH3 is 1. The van der Waals surface area contributed by atoms with Crippen LogP contribution < -0.4 is 20.7 Å². The molecule has 31 heavy (non-hydrogen) atoms. The Kier molecular flexibility index (Phi) is 6.04. The first-order chi connectivity index (χ1) is 15.2. The van der Waals surface area contributed by atoms with Crippen molar-refractivity contribution in [2.24, 2.45) is 0 Å². The van der Waals surface area contributed by atoms with Crippen LogP contribution in [-0.4, -0.2) is 23.1 Å². The number of ether oxygens (including phenoxy) is 1. The molecule has 0 aliphatic rings. The van der Waals surface area contributed by atoms with Crippen LogP contribution in [0, 0.1) is 0 Å². The molecule has 0 radical (unpaired) electrons. The van der Waals surface area contributed by atoms with Crippen LogP contribution in [-0.2, 0) is 0 Å². The number of amides is 2. The zero-order chi connectivity index (χ0) is 21.5. The summed E-state index contributed by atoms with van der Waals surface area (Å²) in [5.74, 6) is 1.89. The maximum atomic E-state index is 12.3. The number of carbonyl (C=O) groups is 1. The van der Waals surface area contributed by atoms with Gasteiger partial charge in [0, 0.05) is 23.8 Å².